The summed E-state index contributed by atoms with van der Waals surface area (Å²) in [5.74, 6) is -1.70. The van der Waals surface area contributed by atoms with Gasteiger partial charge in [-0.1, -0.05) is 12.1 Å². The molecule has 112 valence electrons. The van der Waals surface area contributed by atoms with Crippen molar-refractivity contribution in [3.63, 3.8) is 0 Å². The van der Waals surface area contributed by atoms with Gasteiger partial charge in [0.25, 0.3) is 0 Å². The summed E-state index contributed by atoms with van der Waals surface area (Å²) in [4.78, 5) is 2.14. The molecule has 0 radical (unpaired) electrons. The van der Waals surface area contributed by atoms with Crippen LogP contribution in [0.25, 0.3) is 0 Å². The second kappa shape index (κ2) is 5.76. The lowest BCUT2D eigenvalue weighted by Gasteiger charge is -2.42. The highest BCUT2D eigenvalue weighted by Gasteiger charge is 2.32. The van der Waals surface area contributed by atoms with Crippen molar-refractivity contribution >= 4 is 0 Å². The molecule has 2 unspecified atom stereocenters. The molecule has 0 amide bonds. The molecule has 5 heteroatoms. The maximum atomic E-state index is 13.7. The fourth-order valence-electron chi connectivity index (χ4n) is 2.91. The Morgan fingerprint density at radius 1 is 1.45 bits per heavy atom. The summed E-state index contributed by atoms with van der Waals surface area (Å²) in [7, 11) is 0. The van der Waals surface area contributed by atoms with Crippen molar-refractivity contribution in [2.75, 3.05) is 19.6 Å². The third-order valence-electron chi connectivity index (χ3n) is 3.48. The van der Waals surface area contributed by atoms with Gasteiger partial charge in [-0.25, -0.2) is 8.78 Å². The predicted octanol–water partition coefficient (Wildman–Crippen LogP) is 2.46. The van der Waals surface area contributed by atoms with Gasteiger partial charge >= 0.3 is 0 Å². The molecular weight excluding hydrogens is 262 g/mol. The molecule has 0 aliphatic carbocycles. The molecule has 2 atom stereocenters. The first-order valence-corrected chi connectivity index (χ1v) is 6.88. The zero-order valence-corrected chi connectivity index (χ0v) is 12.2. The monoisotopic (exact) mass is 284 g/mol. The standard InChI is InChI=1S/C15H22F2N2O/c1-10-7-19(9-15(2,3)20-10)8-13(18)11-5-4-6-12(16)14(11)17/h4-6,10,13H,7-9,18H2,1-3H3. The minimum absolute atomic E-state index is 0.100. The van der Waals surface area contributed by atoms with Gasteiger partial charge in [-0.3, -0.25) is 4.90 Å². The second-order valence-electron chi connectivity index (χ2n) is 6.13. The number of rotatable bonds is 3. The SMILES string of the molecule is CC1CN(CC(N)c2cccc(F)c2F)CC(C)(C)O1. The summed E-state index contributed by atoms with van der Waals surface area (Å²) in [6.07, 6.45) is 0.100. The van der Waals surface area contributed by atoms with Gasteiger partial charge in [0.15, 0.2) is 11.6 Å². The molecule has 0 aromatic heterocycles. The van der Waals surface area contributed by atoms with Crippen LogP contribution in [0.1, 0.15) is 32.4 Å². The molecule has 1 heterocycles. The normalized spacial score (nSPS) is 24.6. The van der Waals surface area contributed by atoms with Gasteiger partial charge < -0.3 is 10.5 Å². The Bertz CT molecular complexity index is 479. The fourth-order valence-corrected chi connectivity index (χ4v) is 2.91. The summed E-state index contributed by atoms with van der Waals surface area (Å²) in [6, 6.07) is 3.58. The molecular formula is C15H22F2N2O. The minimum atomic E-state index is -0.853. The van der Waals surface area contributed by atoms with Gasteiger partial charge in [0.2, 0.25) is 0 Å². The Morgan fingerprint density at radius 2 is 2.15 bits per heavy atom. The Kier molecular flexibility index (Phi) is 4.42. The van der Waals surface area contributed by atoms with Crippen LogP contribution in [0.5, 0.6) is 0 Å². The number of hydrogen-bond donors (Lipinski definition) is 1. The van der Waals surface area contributed by atoms with E-state index in [0.29, 0.717) is 6.54 Å². The average molecular weight is 284 g/mol. The predicted molar refractivity (Wildman–Crippen MR) is 74.4 cm³/mol. The number of nitrogens with two attached hydrogens (primary N) is 1. The van der Waals surface area contributed by atoms with E-state index in [9.17, 15) is 8.78 Å². The van der Waals surface area contributed by atoms with Crippen molar-refractivity contribution in [3.8, 4) is 0 Å². The number of benzene rings is 1. The Labute approximate surface area is 118 Å². The van der Waals surface area contributed by atoms with Crippen LogP contribution in [0.2, 0.25) is 0 Å². The first-order valence-electron chi connectivity index (χ1n) is 6.88. The molecule has 2 rings (SSSR count). The van der Waals surface area contributed by atoms with Gasteiger partial charge in [0.1, 0.15) is 0 Å². The highest BCUT2D eigenvalue weighted by atomic mass is 19.2. The Morgan fingerprint density at radius 3 is 2.80 bits per heavy atom. The molecule has 1 aliphatic rings. The van der Waals surface area contributed by atoms with E-state index in [1.54, 1.807) is 0 Å². The Balaban J connectivity index is 2.07. The molecule has 1 aliphatic heterocycles. The maximum absolute atomic E-state index is 13.7. The minimum Gasteiger partial charge on any atom is -0.370 e. The third kappa shape index (κ3) is 3.53. The zero-order chi connectivity index (χ0) is 14.9. The molecule has 1 aromatic rings. The molecule has 1 fully saturated rings. The van der Waals surface area contributed by atoms with Gasteiger partial charge in [0, 0.05) is 31.2 Å². The Hall–Kier alpha value is -1.04. The second-order valence-corrected chi connectivity index (χ2v) is 6.13. The molecule has 20 heavy (non-hydrogen) atoms. The maximum Gasteiger partial charge on any atom is 0.163 e. The van der Waals surface area contributed by atoms with Gasteiger partial charge in [0.05, 0.1) is 11.7 Å². The van der Waals surface area contributed by atoms with Crippen LogP contribution < -0.4 is 5.73 Å². The lowest BCUT2D eigenvalue weighted by molar-refractivity contribution is -0.129. The summed E-state index contributed by atoms with van der Waals surface area (Å²) in [6.45, 7) is 7.99. The molecule has 3 nitrogen and oxygen atoms in total. The van der Waals surface area contributed by atoms with Gasteiger partial charge in [-0.05, 0) is 26.8 Å². The van der Waals surface area contributed by atoms with Crippen molar-refractivity contribution in [2.24, 2.45) is 5.73 Å². The summed E-state index contributed by atoms with van der Waals surface area (Å²) in [5.41, 5.74) is 6.01. The quantitative estimate of drug-likeness (QED) is 0.926. The van der Waals surface area contributed by atoms with Crippen LogP contribution in [0.4, 0.5) is 8.78 Å². The van der Waals surface area contributed by atoms with Gasteiger partial charge in [-0.2, -0.15) is 0 Å². The van der Waals surface area contributed by atoms with E-state index in [4.69, 9.17) is 10.5 Å². The van der Waals surface area contributed by atoms with E-state index in [-0.39, 0.29) is 17.3 Å². The van der Waals surface area contributed by atoms with E-state index in [0.717, 1.165) is 19.2 Å². The molecule has 1 aromatic carbocycles. The highest BCUT2D eigenvalue weighted by Crippen LogP contribution is 2.24. The van der Waals surface area contributed by atoms with Crippen molar-refractivity contribution in [3.05, 3.63) is 35.4 Å². The number of nitrogens with zero attached hydrogens (tertiary/aromatic N) is 1. The summed E-state index contributed by atoms with van der Waals surface area (Å²) >= 11 is 0. The van der Waals surface area contributed by atoms with E-state index >= 15 is 0 Å². The van der Waals surface area contributed by atoms with Crippen LogP contribution in [0, 0.1) is 11.6 Å². The van der Waals surface area contributed by atoms with Crippen LogP contribution >= 0.6 is 0 Å². The number of ether oxygens (including phenoxy) is 1. The molecule has 0 spiro atoms. The first-order chi connectivity index (χ1) is 9.28. The zero-order valence-electron chi connectivity index (χ0n) is 12.2. The molecule has 0 bridgehead atoms. The van der Waals surface area contributed by atoms with E-state index in [2.05, 4.69) is 4.90 Å². The lowest BCUT2D eigenvalue weighted by atomic mass is 10.0. The summed E-state index contributed by atoms with van der Waals surface area (Å²) < 4.78 is 32.8. The largest absolute Gasteiger partial charge is 0.370 e. The van der Waals surface area contributed by atoms with Gasteiger partial charge in [-0.15, -0.1) is 0 Å². The average Bonchev–Trinajstić information content (AvgIpc) is 2.29. The van der Waals surface area contributed by atoms with Crippen LogP contribution in [0.15, 0.2) is 18.2 Å². The van der Waals surface area contributed by atoms with Crippen LogP contribution in [-0.2, 0) is 4.74 Å². The number of halogens is 2. The highest BCUT2D eigenvalue weighted by molar-refractivity contribution is 5.22. The number of morpholine rings is 1. The summed E-state index contributed by atoms with van der Waals surface area (Å²) in [5, 5.41) is 0. The lowest BCUT2D eigenvalue weighted by Crippen LogP contribution is -2.53. The van der Waals surface area contributed by atoms with E-state index in [1.165, 1.54) is 12.1 Å². The first kappa shape index (κ1) is 15.4. The molecule has 2 N–H and O–H groups in total. The fraction of sp³-hybridized carbons (Fsp3) is 0.600. The van der Waals surface area contributed by atoms with Crippen LogP contribution in [-0.4, -0.2) is 36.2 Å². The van der Waals surface area contributed by atoms with E-state index < -0.39 is 17.7 Å². The third-order valence-corrected chi connectivity index (χ3v) is 3.48. The van der Waals surface area contributed by atoms with Crippen LogP contribution in [0.3, 0.4) is 0 Å². The van der Waals surface area contributed by atoms with Crippen molar-refractivity contribution < 1.29 is 13.5 Å². The van der Waals surface area contributed by atoms with E-state index in [1.807, 2.05) is 20.8 Å². The van der Waals surface area contributed by atoms with Crippen molar-refractivity contribution in [1.29, 1.82) is 0 Å². The smallest absolute Gasteiger partial charge is 0.163 e. The molecule has 1 saturated heterocycles. The topological polar surface area (TPSA) is 38.5 Å². The van der Waals surface area contributed by atoms with Crippen molar-refractivity contribution in [2.45, 2.75) is 38.5 Å². The molecule has 0 saturated carbocycles. The number of hydrogen-bond acceptors (Lipinski definition) is 3. The van der Waals surface area contributed by atoms with Crippen molar-refractivity contribution in [1.82, 2.24) is 4.90 Å².